The first-order valence-electron chi connectivity index (χ1n) is 6.55. The monoisotopic (exact) mass is 306 g/mol. The molecular weight excluding hydrogens is 291 g/mol. The molecule has 21 heavy (non-hydrogen) atoms. The number of nitrogen functional groups attached to an aromatic ring is 1. The van der Waals surface area contributed by atoms with Crippen LogP contribution in [-0.2, 0) is 4.79 Å². The summed E-state index contributed by atoms with van der Waals surface area (Å²) >= 11 is 5.75. The average Bonchev–Trinajstić information content (AvgIpc) is 2.37. The van der Waals surface area contributed by atoms with Crippen LogP contribution in [0.25, 0.3) is 0 Å². The normalized spacial score (nSPS) is 12.0. The Labute approximate surface area is 127 Å². The van der Waals surface area contributed by atoms with Crippen LogP contribution in [0.5, 0.6) is 0 Å². The molecule has 3 nitrogen and oxygen atoms in total. The molecule has 2 aromatic carbocycles. The van der Waals surface area contributed by atoms with Crippen molar-refractivity contribution in [3.8, 4) is 0 Å². The highest BCUT2D eigenvalue weighted by molar-refractivity contribution is 6.30. The number of hydrogen-bond donors (Lipinski definition) is 2. The van der Waals surface area contributed by atoms with E-state index in [1.165, 1.54) is 18.2 Å². The van der Waals surface area contributed by atoms with Crippen LogP contribution in [0, 0.1) is 5.82 Å². The summed E-state index contributed by atoms with van der Waals surface area (Å²) in [5.74, 6) is -0.639. The lowest BCUT2D eigenvalue weighted by Gasteiger charge is -2.12. The van der Waals surface area contributed by atoms with Crippen LogP contribution in [0.2, 0.25) is 5.02 Å². The van der Waals surface area contributed by atoms with Crippen molar-refractivity contribution in [1.29, 1.82) is 0 Å². The molecule has 110 valence electrons. The van der Waals surface area contributed by atoms with E-state index in [1.54, 1.807) is 12.1 Å². The minimum absolute atomic E-state index is 0.0367. The summed E-state index contributed by atoms with van der Waals surface area (Å²) in [6.45, 7) is 1.95. The van der Waals surface area contributed by atoms with E-state index in [4.69, 9.17) is 17.3 Å². The Hall–Kier alpha value is -2.07. The minimum Gasteiger partial charge on any atom is -0.399 e. The summed E-state index contributed by atoms with van der Waals surface area (Å²) in [5, 5.41) is 2.89. The molecule has 0 saturated heterocycles. The number of nitrogens with one attached hydrogen (secondary N) is 1. The summed E-state index contributed by atoms with van der Waals surface area (Å²) in [5.41, 5.74) is 7.70. The topological polar surface area (TPSA) is 55.1 Å². The van der Waals surface area contributed by atoms with Crippen molar-refractivity contribution >= 4 is 28.9 Å². The maximum Gasteiger partial charge on any atom is 0.224 e. The highest BCUT2D eigenvalue weighted by Crippen LogP contribution is 2.22. The van der Waals surface area contributed by atoms with Crippen LogP contribution in [0.15, 0.2) is 42.5 Å². The zero-order valence-corrected chi connectivity index (χ0v) is 12.3. The molecule has 0 aliphatic carbocycles. The van der Waals surface area contributed by atoms with Gasteiger partial charge in [-0.3, -0.25) is 4.79 Å². The molecule has 5 heteroatoms. The van der Waals surface area contributed by atoms with Gasteiger partial charge in [0.25, 0.3) is 0 Å². The van der Waals surface area contributed by atoms with E-state index in [2.05, 4.69) is 5.32 Å². The third-order valence-corrected chi connectivity index (χ3v) is 3.36. The molecular formula is C16H16ClFN2O. The van der Waals surface area contributed by atoms with Crippen molar-refractivity contribution in [3.05, 3.63) is 58.9 Å². The molecule has 0 aliphatic rings. The zero-order chi connectivity index (χ0) is 15.4. The quantitative estimate of drug-likeness (QED) is 0.832. The Morgan fingerprint density at radius 3 is 2.57 bits per heavy atom. The first-order chi connectivity index (χ1) is 9.94. The molecule has 0 fully saturated rings. The number of carbonyl (C=O) groups is 1. The number of rotatable bonds is 4. The summed E-state index contributed by atoms with van der Waals surface area (Å²) in [6.07, 6.45) is 0.290. The van der Waals surface area contributed by atoms with E-state index in [0.717, 1.165) is 5.56 Å². The van der Waals surface area contributed by atoms with Crippen LogP contribution in [-0.4, -0.2) is 5.91 Å². The maximum atomic E-state index is 13.2. The second-order valence-electron chi connectivity index (χ2n) is 4.98. The Morgan fingerprint density at radius 2 is 1.95 bits per heavy atom. The van der Waals surface area contributed by atoms with Gasteiger partial charge in [0.05, 0.1) is 0 Å². The Kier molecular flexibility index (Phi) is 4.81. The molecule has 0 aliphatic heterocycles. The SMILES string of the molecule is CC(CC(=O)Nc1cc(F)cc(Cl)c1)c1ccc(N)cc1. The van der Waals surface area contributed by atoms with E-state index in [1.807, 2.05) is 19.1 Å². The largest absolute Gasteiger partial charge is 0.399 e. The van der Waals surface area contributed by atoms with Crippen LogP contribution in [0.1, 0.15) is 24.8 Å². The Balaban J connectivity index is 1.99. The van der Waals surface area contributed by atoms with Gasteiger partial charge in [-0.15, -0.1) is 0 Å². The van der Waals surface area contributed by atoms with Crippen molar-refractivity contribution in [3.63, 3.8) is 0 Å². The van der Waals surface area contributed by atoms with Crippen LogP contribution < -0.4 is 11.1 Å². The number of benzene rings is 2. The number of amides is 1. The van der Waals surface area contributed by atoms with Crippen LogP contribution >= 0.6 is 11.6 Å². The van der Waals surface area contributed by atoms with E-state index < -0.39 is 5.82 Å². The Bertz CT molecular complexity index is 623. The summed E-state index contributed by atoms with van der Waals surface area (Å²) in [6, 6.07) is 11.3. The third-order valence-electron chi connectivity index (χ3n) is 3.14. The number of hydrogen-bond acceptors (Lipinski definition) is 2. The minimum atomic E-state index is -0.482. The van der Waals surface area contributed by atoms with Crippen molar-refractivity contribution < 1.29 is 9.18 Å². The number of carbonyl (C=O) groups excluding carboxylic acids is 1. The molecule has 0 saturated carbocycles. The number of halogens is 2. The average molecular weight is 307 g/mol. The number of anilines is 2. The summed E-state index contributed by atoms with van der Waals surface area (Å²) in [4.78, 5) is 12.0. The summed E-state index contributed by atoms with van der Waals surface area (Å²) < 4.78 is 13.2. The van der Waals surface area contributed by atoms with Crippen LogP contribution in [0.3, 0.4) is 0 Å². The predicted octanol–water partition coefficient (Wildman–Crippen LogP) is 4.19. The second-order valence-corrected chi connectivity index (χ2v) is 5.41. The van der Waals surface area contributed by atoms with Gasteiger partial charge in [0.15, 0.2) is 0 Å². The number of nitrogens with two attached hydrogens (primary N) is 1. The van der Waals surface area contributed by atoms with E-state index in [0.29, 0.717) is 11.4 Å². The van der Waals surface area contributed by atoms with E-state index in [9.17, 15) is 9.18 Å². The maximum absolute atomic E-state index is 13.2. The second kappa shape index (κ2) is 6.59. The van der Waals surface area contributed by atoms with Crippen molar-refractivity contribution in [1.82, 2.24) is 0 Å². The molecule has 0 aromatic heterocycles. The summed E-state index contributed by atoms with van der Waals surface area (Å²) in [7, 11) is 0. The van der Waals surface area contributed by atoms with Gasteiger partial charge in [-0.1, -0.05) is 30.7 Å². The highest BCUT2D eigenvalue weighted by Gasteiger charge is 2.12. The standard InChI is InChI=1S/C16H16ClFN2O/c1-10(11-2-4-14(19)5-3-11)6-16(21)20-15-8-12(17)7-13(18)9-15/h2-5,7-10H,6,19H2,1H3,(H,20,21). The first kappa shape index (κ1) is 15.3. The van der Waals surface area contributed by atoms with Gasteiger partial charge in [0, 0.05) is 22.8 Å². The molecule has 1 unspecified atom stereocenters. The molecule has 0 bridgehead atoms. The smallest absolute Gasteiger partial charge is 0.224 e. The Morgan fingerprint density at radius 1 is 1.29 bits per heavy atom. The lowest BCUT2D eigenvalue weighted by molar-refractivity contribution is -0.116. The van der Waals surface area contributed by atoms with E-state index in [-0.39, 0.29) is 23.3 Å². The lowest BCUT2D eigenvalue weighted by Crippen LogP contribution is -2.14. The van der Waals surface area contributed by atoms with Crippen molar-refractivity contribution in [2.24, 2.45) is 0 Å². The van der Waals surface area contributed by atoms with Gasteiger partial charge in [0.1, 0.15) is 5.82 Å². The highest BCUT2D eigenvalue weighted by atomic mass is 35.5. The van der Waals surface area contributed by atoms with Gasteiger partial charge in [-0.25, -0.2) is 4.39 Å². The molecule has 3 N–H and O–H groups in total. The van der Waals surface area contributed by atoms with Gasteiger partial charge in [-0.2, -0.15) is 0 Å². The zero-order valence-electron chi connectivity index (χ0n) is 11.6. The van der Waals surface area contributed by atoms with Crippen LogP contribution in [0.4, 0.5) is 15.8 Å². The fourth-order valence-electron chi connectivity index (χ4n) is 2.06. The first-order valence-corrected chi connectivity index (χ1v) is 6.93. The lowest BCUT2D eigenvalue weighted by atomic mass is 9.97. The molecule has 2 rings (SSSR count). The van der Waals surface area contributed by atoms with Gasteiger partial charge < -0.3 is 11.1 Å². The fourth-order valence-corrected chi connectivity index (χ4v) is 2.28. The third kappa shape index (κ3) is 4.46. The van der Waals surface area contributed by atoms with Crippen molar-refractivity contribution in [2.75, 3.05) is 11.1 Å². The van der Waals surface area contributed by atoms with Crippen molar-refractivity contribution in [2.45, 2.75) is 19.3 Å². The van der Waals surface area contributed by atoms with Gasteiger partial charge in [0.2, 0.25) is 5.91 Å². The van der Waals surface area contributed by atoms with Gasteiger partial charge in [-0.05, 0) is 41.8 Å². The molecule has 0 radical (unpaired) electrons. The fraction of sp³-hybridized carbons (Fsp3) is 0.188. The molecule has 0 heterocycles. The van der Waals surface area contributed by atoms with Gasteiger partial charge >= 0.3 is 0 Å². The molecule has 0 spiro atoms. The molecule has 1 atom stereocenters. The predicted molar refractivity (Wildman–Crippen MR) is 83.9 cm³/mol. The van der Waals surface area contributed by atoms with E-state index >= 15 is 0 Å². The molecule has 1 amide bonds. The molecule has 2 aromatic rings.